The fourth-order valence-electron chi connectivity index (χ4n) is 1.98. The molecule has 0 aliphatic heterocycles. The molecule has 0 unspecified atom stereocenters. The molecule has 5 heteroatoms. The molecule has 0 radical (unpaired) electrons. The van der Waals surface area contributed by atoms with Crippen LogP contribution in [0.4, 0.5) is 0 Å². The first-order valence-electron chi connectivity index (χ1n) is 6.64. The summed E-state index contributed by atoms with van der Waals surface area (Å²) >= 11 is 1.59. The van der Waals surface area contributed by atoms with Crippen LogP contribution in [-0.4, -0.2) is 22.5 Å². The molecular formula is C15H18N2O2S. The highest BCUT2D eigenvalue weighted by Crippen LogP contribution is 2.25. The number of hydrogen-bond donors (Lipinski definition) is 0. The molecule has 0 atom stereocenters. The minimum atomic E-state index is -0.169. The first-order valence-corrected chi connectivity index (χ1v) is 7.52. The zero-order chi connectivity index (χ0) is 14.5. The van der Waals surface area contributed by atoms with Crippen molar-refractivity contribution in [2.45, 2.75) is 33.6 Å². The topological polar surface area (TPSA) is 52.1 Å². The van der Waals surface area contributed by atoms with E-state index in [0.29, 0.717) is 19.4 Å². The van der Waals surface area contributed by atoms with E-state index in [1.165, 1.54) is 0 Å². The molecular weight excluding hydrogens is 272 g/mol. The van der Waals surface area contributed by atoms with Crippen molar-refractivity contribution in [1.29, 1.82) is 0 Å². The van der Waals surface area contributed by atoms with Gasteiger partial charge in [-0.15, -0.1) is 11.3 Å². The molecule has 20 heavy (non-hydrogen) atoms. The lowest BCUT2D eigenvalue weighted by Gasteiger charge is -2.01. The van der Waals surface area contributed by atoms with Crippen molar-refractivity contribution in [2.75, 3.05) is 6.61 Å². The number of hydrogen-bond acceptors (Lipinski definition) is 5. The minimum Gasteiger partial charge on any atom is -0.466 e. The van der Waals surface area contributed by atoms with Crippen LogP contribution in [0.15, 0.2) is 17.5 Å². The van der Waals surface area contributed by atoms with Gasteiger partial charge in [-0.05, 0) is 32.9 Å². The SMILES string of the molecule is CCOC(=O)CCc1csc(-c2cc(C)nc(C)c2)n1. The van der Waals surface area contributed by atoms with E-state index in [2.05, 4.69) is 9.97 Å². The smallest absolute Gasteiger partial charge is 0.306 e. The highest BCUT2D eigenvalue weighted by Gasteiger charge is 2.08. The van der Waals surface area contributed by atoms with Crippen molar-refractivity contribution in [2.24, 2.45) is 0 Å². The molecule has 2 aromatic heterocycles. The molecule has 0 saturated heterocycles. The number of aryl methyl sites for hydroxylation is 3. The first-order chi connectivity index (χ1) is 9.58. The van der Waals surface area contributed by atoms with Gasteiger partial charge in [-0.3, -0.25) is 9.78 Å². The zero-order valence-electron chi connectivity index (χ0n) is 12.0. The number of rotatable bonds is 5. The first kappa shape index (κ1) is 14.7. The summed E-state index contributed by atoms with van der Waals surface area (Å²) in [7, 11) is 0. The van der Waals surface area contributed by atoms with Gasteiger partial charge in [0, 0.05) is 28.8 Å². The second-order valence-electron chi connectivity index (χ2n) is 4.59. The number of pyridine rings is 1. The second-order valence-corrected chi connectivity index (χ2v) is 5.45. The Balaban J connectivity index is 2.06. The third-order valence-electron chi connectivity index (χ3n) is 2.77. The number of ether oxygens (including phenoxy) is 1. The van der Waals surface area contributed by atoms with Crippen LogP contribution in [0.2, 0.25) is 0 Å². The lowest BCUT2D eigenvalue weighted by Crippen LogP contribution is -2.05. The van der Waals surface area contributed by atoms with E-state index in [4.69, 9.17) is 4.74 Å². The molecule has 2 aromatic rings. The maximum absolute atomic E-state index is 11.3. The minimum absolute atomic E-state index is 0.169. The Morgan fingerprint density at radius 2 is 1.95 bits per heavy atom. The van der Waals surface area contributed by atoms with Gasteiger partial charge in [-0.1, -0.05) is 0 Å². The number of carbonyl (C=O) groups excluding carboxylic acids is 1. The fraction of sp³-hybridized carbons (Fsp3) is 0.400. The number of thiazole rings is 1. The van der Waals surface area contributed by atoms with Gasteiger partial charge in [0.15, 0.2) is 0 Å². The molecule has 106 valence electrons. The third-order valence-corrected chi connectivity index (χ3v) is 3.71. The van der Waals surface area contributed by atoms with E-state index < -0.39 is 0 Å². The Morgan fingerprint density at radius 3 is 2.60 bits per heavy atom. The summed E-state index contributed by atoms with van der Waals surface area (Å²) in [5, 5.41) is 2.97. The lowest BCUT2D eigenvalue weighted by atomic mass is 10.2. The standard InChI is InChI=1S/C15H18N2O2S/c1-4-19-14(18)6-5-13-9-20-15(17-13)12-7-10(2)16-11(3)8-12/h7-9H,4-6H2,1-3H3. The van der Waals surface area contributed by atoms with Crippen molar-refractivity contribution in [3.05, 3.63) is 34.6 Å². The number of aromatic nitrogens is 2. The second kappa shape index (κ2) is 6.61. The Kier molecular flexibility index (Phi) is 4.84. The molecule has 0 bridgehead atoms. The average molecular weight is 290 g/mol. The van der Waals surface area contributed by atoms with Crippen LogP contribution in [0.1, 0.15) is 30.4 Å². The van der Waals surface area contributed by atoms with E-state index >= 15 is 0 Å². The number of carbonyl (C=O) groups is 1. The summed E-state index contributed by atoms with van der Waals surface area (Å²) in [5.74, 6) is -0.169. The van der Waals surface area contributed by atoms with E-state index in [1.54, 1.807) is 11.3 Å². The molecule has 0 saturated carbocycles. The summed E-state index contributed by atoms with van der Waals surface area (Å²) in [4.78, 5) is 20.3. The van der Waals surface area contributed by atoms with Gasteiger partial charge in [-0.2, -0.15) is 0 Å². The Bertz CT molecular complexity index is 587. The predicted octanol–water partition coefficient (Wildman–Crippen LogP) is 3.32. The van der Waals surface area contributed by atoms with Gasteiger partial charge >= 0.3 is 5.97 Å². The molecule has 0 spiro atoms. The molecule has 0 N–H and O–H groups in total. The van der Waals surface area contributed by atoms with Crippen molar-refractivity contribution in [3.63, 3.8) is 0 Å². The maximum atomic E-state index is 11.3. The fourth-order valence-corrected chi connectivity index (χ4v) is 2.82. The Labute approximate surface area is 122 Å². The number of nitrogens with zero attached hydrogens (tertiary/aromatic N) is 2. The van der Waals surface area contributed by atoms with E-state index in [-0.39, 0.29) is 5.97 Å². The Hall–Kier alpha value is -1.75. The summed E-state index contributed by atoms with van der Waals surface area (Å²) in [6.07, 6.45) is 1.00. The zero-order valence-corrected chi connectivity index (χ0v) is 12.8. The van der Waals surface area contributed by atoms with Crippen LogP contribution < -0.4 is 0 Å². The molecule has 0 fully saturated rings. The average Bonchev–Trinajstić information content (AvgIpc) is 2.84. The largest absolute Gasteiger partial charge is 0.466 e. The van der Waals surface area contributed by atoms with Crippen LogP contribution in [0.3, 0.4) is 0 Å². The van der Waals surface area contributed by atoms with Gasteiger partial charge in [-0.25, -0.2) is 4.98 Å². The van der Waals surface area contributed by atoms with Crippen molar-refractivity contribution in [3.8, 4) is 10.6 Å². The lowest BCUT2D eigenvalue weighted by molar-refractivity contribution is -0.143. The summed E-state index contributed by atoms with van der Waals surface area (Å²) in [6.45, 7) is 6.20. The van der Waals surface area contributed by atoms with Gasteiger partial charge in [0.1, 0.15) is 5.01 Å². The molecule has 0 aliphatic rings. The van der Waals surface area contributed by atoms with Crippen molar-refractivity contribution >= 4 is 17.3 Å². The van der Waals surface area contributed by atoms with Crippen LogP contribution in [0.25, 0.3) is 10.6 Å². The van der Waals surface area contributed by atoms with Crippen molar-refractivity contribution in [1.82, 2.24) is 9.97 Å². The van der Waals surface area contributed by atoms with Gasteiger partial charge < -0.3 is 4.74 Å². The van der Waals surface area contributed by atoms with Gasteiger partial charge in [0.05, 0.1) is 18.7 Å². The predicted molar refractivity (Wildman–Crippen MR) is 79.8 cm³/mol. The summed E-state index contributed by atoms with van der Waals surface area (Å²) < 4.78 is 4.91. The van der Waals surface area contributed by atoms with E-state index in [0.717, 1.165) is 27.7 Å². The van der Waals surface area contributed by atoms with Crippen molar-refractivity contribution < 1.29 is 9.53 Å². The number of esters is 1. The molecule has 0 amide bonds. The van der Waals surface area contributed by atoms with Gasteiger partial charge in [0.25, 0.3) is 0 Å². The van der Waals surface area contributed by atoms with E-state index in [9.17, 15) is 4.79 Å². The highest BCUT2D eigenvalue weighted by atomic mass is 32.1. The molecule has 2 rings (SSSR count). The summed E-state index contributed by atoms with van der Waals surface area (Å²) in [5.41, 5.74) is 4.00. The van der Waals surface area contributed by atoms with Gasteiger partial charge in [0.2, 0.25) is 0 Å². The van der Waals surface area contributed by atoms with E-state index in [1.807, 2.05) is 38.3 Å². The monoisotopic (exact) mass is 290 g/mol. The Morgan fingerprint density at radius 1 is 1.25 bits per heavy atom. The molecule has 2 heterocycles. The third kappa shape index (κ3) is 3.87. The maximum Gasteiger partial charge on any atom is 0.306 e. The van der Waals surface area contributed by atoms with Crippen LogP contribution in [0, 0.1) is 13.8 Å². The molecule has 4 nitrogen and oxygen atoms in total. The molecule has 0 aromatic carbocycles. The van der Waals surface area contributed by atoms with Crippen LogP contribution in [0.5, 0.6) is 0 Å². The molecule has 0 aliphatic carbocycles. The summed E-state index contributed by atoms with van der Waals surface area (Å²) in [6, 6.07) is 4.06. The highest BCUT2D eigenvalue weighted by molar-refractivity contribution is 7.13. The van der Waals surface area contributed by atoms with Crippen LogP contribution >= 0.6 is 11.3 Å². The quantitative estimate of drug-likeness (QED) is 0.793. The van der Waals surface area contributed by atoms with Crippen LogP contribution in [-0.2, 0) is 16.0 Å². The normalized spacial score (nSPS) is 10.6.